The minimum Gasteiger partial charge on any atom is -0.394 e. The van der Waals surface area contributed by atoms with Crippen LogP contribution >= 0.6 is 0 Å². The molecular formula is C12H23N3O2. The van der Waals surface area contributed by atoms with Crippen LogP contribution in [0.15, 0.2) is 6.20 Å². The lowest BCUT2D eigenvalue weighted by molar-refractivity contribution is 0.0938. The average molecular weight is 241 g/mol. The molecule has 0 saturated heterocycles. The highest BCUT2D eigenvalue weighted by Gasteiger charge is 2.19. The lowest BCUT2D eigenvalue weighted by Crippen LogP contribution is -2.22. The predicted octanol–water partition coefficient (Wildman–Crippen LogP) is 0.806. The molecule has 1 aromatic rings. The van der Waals surface area contributed by atoms with Gasteiger partial charge in [-0.3, -0.25) is 5.10 Å². The molecular weight excluding hydrogens is 218 g/mol. The van der Waals surface area contributed by atoms with Crippen molar-refractivity contribution in [1.29, 1.82) is 0 Å². The summed E-state index contributed by atoms with van der Waals surface area (Å²) in [6.07, 6.45) is 1.86. The Morgan fingerprint density at radius 2 is 2.18 bits per heavy atom. The highest BCUT2D eigenvalue weighted by Crippen LogP contribution is 2.22. The van der Waals surface area contributed by atoms with Crippen molar-refractivity contribution in [3.05, 3.63) is 17.5 Å². The van der Waals surface area contributed by atoms with Crippen molar-refractivity contribution in [3.8, 4) is 0 Å². The summed E-state index contributed by atoms with van der Waals surface area (Å²) < 4.78 is 5.16. The van der Waals surface area contributed by atoms with Crippen LogP contribution in [0.1, 0.15) is 32.0 Å². The van der Waals surface area contributed by atoms with Gasteiger partial charge in [-0.05, 0) is 0 Å². The molecule has 5 heteroatoms. The van der Waals surface area contributed by atoms with E-state index < -0.39 is 0 Å². The number of H-pyrrole nitrogens is 1. The van der Waals surface area contributed by atoms with Gasteiger partial charge in [-0.1, -0.05) is 20.8 Å². The van der Waals surface area contributed by atoms with E-state index in [-0.39, 0.29) is 12.0 Å². The van der Waals surface area contributed by atoms with Gasteiger partial charge in [0, 0.05) is 29.8 Å². The SMILES string of the molecule is CC(C)(C)c1[nH]ncc1CNCCOCCO. The number of hydrogen-bond acceptors (Lipinski definition) is 4. The van der Waals surface area contributed by atoms with Crippen LogP contribution in [-0.2, 0) is 16.7 Å². The van der Waals surface area contributed by atoms with Gasteiger partial charge in [0.2, 0.25) is 0 Å². The van der Waals surface area contributed by atoms with Gasteiger partial charge in [-0.25, -0.2) is 0 Å². The zero-order valence-electron chi connectivity index (χ0n) is 10.9. The van der Waals surface area contributed by atoms with Crippen molar-refractivity contribution in [2.45, 2.75) is 32.7 Å². The van der Waals surface area contributed by atoms with Gasteiger partial charge in [0.25, 0.3) is 0 Å². The lowest BCUT2D eigenvalue weighted by Gasteiger charge is -2.18. The first-order valence-corrected chi connectivity index (χ1v) is 5.97. The van der Waals surface area contributed by atoms with E-state index in [4.69, 9.17) is 9.84 Å². The summed E-state index contributed by atoms with van der Waals surface area (Å²) in [4.78, 5) is 0. The Labute approximate surface area is 103 Å². The van der Waals surface area contributed by atoms with Gasteiger partial charge < -0.3 is 15.2 Å². The van der Waals surface area contributed by atoms with Crippen LogP contribution in [-0.4, -0.2) is 41.7 Å². The Morgan fingerprint density at radius 1 is 1.41 bits per heavy atom. The zero-order chi connectivity index (χ0) is 12.7. The molecule has 0 atom stereocenters. The number of rotatable bonds is 7. The summed E-state index contributed by atoms with van der Waals surface area (Å²) in [6, 6.07) is 0. The second-order valence-electron chi connectivity index (χ2n) is 5.03. The number of nitrogens with zero attached hydrogens (tertiary/aromatic N) is 1. The van der Waals surface area contributed by atoms with Crippen LogP contribution in [0.4, 0.5) is 0 Å². The third-order valence-corrected chi connectivity index (χ3v) is 2.44. The van der Waals surface area contributed by atoms with E-state index in [2.05, 4.69) is 36.3 Å². The topological polar surface area (TPSA) is 70.2 Å². The van der Waals surface area contributed by atoms with Gasteiger partial charge in [0.15, 0.2) is 0 Å². The second-order valence-corrected chi connectivity index (χ2v) is 5.03. The maximum atomic E-state index is 8.54. The third-order valence-electron chi connectivity index (χ3n) is 2.44. The monoisotopic (exact) mass is 241 g/mol. The van der Waals surface area contributed by atoms with Crippen molar-refractivity contribution in [3.63, 3.8) is 0 Å². The van der Waals surface area contributed by atoms with Crippen molar-refractivity contribution < 1.29 is 9.84 Å². The van der Waals surface area contributed by atoms with Gasteiger partial charge in [0.1, 0.15) is 0 Å². The molecule has 17 heavy (non-hydrogen) atoms. The molecule has 0 aliphatic heterocycles. The Kier molecular flexibility index (Phi) is 5.61. The molecule has 1 heterocycles. The standard InChI is InChI=1S/C12H23N3O2/c1-12(2,3)11-10(9-14-15-11)8-13-4-6-17-7-5-16/h9,13,16H,4-8H2,1-3H3,(H,14,15). The lowest BCUT2D eigenvalue weighted by atomic mass is 9.89. The number of aromatic amines is 1. The first-order valence-electron chi connectivity index (χ1n) is 5.97. The van der Waals surface area contributed by atoms with Crippen molar-refractivity contribution in [1.82, 2.24) is 15.5 Å². The molecule has 0 saturated carbocycles. The van der Waals surface area contributed by atoms with Crippen LogP contribution in [0, 0.1) is 0 Å². The highest BCUT2D eigenvalue weighted by molar-refractivity contribution is 5.23. The van der Waals surface area contributed by atoms with Crippen LogP contribution < -0.4 is 5.32 Å². The largest absolute Gasteiger partial charge is 0.394 e. The molecule has 0 amide bonds. The van der Waals surface area contributed by atoms with Crippen LogP contribution in [0.5, 0.6) is 0 Å². The summed E-state index contributed by atoms with van der Waals surface area (Å²) >= 11 is 0. The van der Waals surface area contributed by atoms with Crippen LogP contribution in [0.2, 0.25) is 0 Å². The van der Waals surface area contributed by atoms with E-state index in [0.29, 0.717) is 13.2 Å². The summed E-state index contributed by atoms with van der Waals surface area (Å²) in [5.74, 6) is 0. The molecule has 0 bridgehead atoms. The van der Waals surface area contributed by atoms with E-state index in [1.165, 1.54) is 11.3 Å². The van der Waals surface area contributed by atoms with Gasteiger partial charge >= 0.3 is 0 Å². The Bertz CT molecular complexity index is 318. The number of aliphatic hydroxyl groups is 1. The fraction of sp³-hybridized carbons (Fsp3) is 0.750. The second kappa shape index (κ2) is 6.74. The number of nitrogens with one attached hydrogen (secondary N) is 2. The Hall–Kier alpha value is -0.910. The summed E-state index contributed by atoms with van der Waals surface area (Å²) in [6.45, 7) is 9.14. The highest BCUT2D eigenvalue weighted by atomic mass is 16.5. The minimum atomic E-state index is 0.0793. The number of hydrogen-bond donors (Lipinski definition) is 3. The van der Waals surface area contributed by atoms with E-state index >= 15 is 0 Å². The smallest absolute Gasteiger partial charge is 0.0698 e. The molecule has 0 unspecified atom stereocenters. The number of ether oxygens (including phenoxy) is 1. The molecule has 3 N–H and O–H groups in total. The molecule has 5 nitrogen and oxygen atoms in total. The molecule has 0 aliphatic rings. The van der Waals surface area contributed by atoms with Gasteiger partial charge in [-0.2, -0.15) is 5.10 Å². The molecule has 0 radical (unpaired) electrons. The predicted molar refractivity (Wildman–Crippen MR) is 66.9 cm³/mol. The van der Waals surface area contributed by atoms with Crippen molar-refractivity contribution in [2.75, 3.05) is 26.4 Å². The number of aliphatic hydroxyl groups excluding tert-OH is 1. The van der Waals surface area contributed by atoms with Gasteiger partial charge in [-0.15, -0.1) is 0 Å². The quantitative estimate of drug-likeness (QED) is 0.618. The Morgan fingerprint density at radius 3 is 2.82 bits per heavy atom. The first kappa shape index (κ1) is 14.2. The maximum absolute atomic E-state index is 8.54. The molecule has 0 aliphatic carbocycles. The van der Waals surface area contributed by atoms with Crippen LogP contribution in [0.25, 0.3) is 0 Å². The van der Waals surface area contributed by atoms with Crippen molar-refractivity contribution >= 4 is 0 Å². The molecule has 0 fully saturated rings. The van der Waals surface area contributed by atoms with E-state index in [9.17, 15) is 0 Å². The molecule has 1 aromatic heterocycles. The van der Waals surface area contributed by atoms with Crippen molar-refractivity contribution in [2.24, 2.45) is 0 Å². The average Bonchev–Trinajstić information content (AvgIpc) is 2.71. The molecule has 0 aromatic carbocycles. The Balaban J connectivity index is 2.30. The fourth-order valence-electron chi connectivity index (χ4n) is 1.63. The molecule has 0 spiro atoms. The summed E-state index contributed by atoms with van der Waals surface area (Å²) in [7, 11) is 0. The first-order chi connectivity index (χ1) is 8.05. The summed E-state index contributed by atoms with van der Waals surface area (Å²) in [5, 5.41) is 19.0. The minimum absolute atomic E-state index is 0.0793. The summed E-state index contributed by atoms with van der Waals surface area (Å²) in [5.41, 5.74) is 2.45. The third kappa shape index (κ3) is 4.85. The van der Waals surface area contributed by atoms with Gasteiger partial charge in [0.05, 0.1) is 26.0 Å². The van der Waals surface area contributed by atoms with Crippen LogP contribution in [0.3, 0.4) is 0 Å². The number of aromatic nitrogens is 2. The van der Waals surface area contributed by atoms with E-state index in [1.54, 1.807) is 0 Å². The maximum Gasteiger partial charge on any atom is 0.0698 e. The fourth-order valence-corrected chi connectivity index (χ4v) is 1.63. The van der Waals surface area contributed by atoms with E-state index in [1.807, 2.05) is 6.20 Å². The van der Waals surface area contributed by atoms with E-state index in [0.717, 1.165) is 13.1 Å². The zero-order valence-corrected chi connectivity index (χ0v) is 10.9. The molecule has 98 valence electrons. The molecule has 1 rings (SSSR count). The normalized spacial score (nSPS) is 12.0.